The van der Waals surface area contributed by atoms with Gasteiger partial charge in [0.15, 0.2) is 0 Å². The van der Waals surface area contributed by atoms with E-state index in [9.17, 15) is 4.39 Å². The number of benzene rings is 2. The van der Waals surface area contributed by atoms with E-state index in [1.54, 1.807) is 12.1 Å². The Morgan fingerprint density at radius 3 is 1.88 bits per heavy atom. The first kappa shape index (κ1) is 11.8. The van der Waals surface area contributed by atoms with Gasteiger partial charge in [-0.1, -0.05) is 43.3 Å². The molecule has 88 valence electrons. The van der Waals surface area contributed by atoms with Crippen LogP contribution in [0.3, 0.4) is 0 Å². The van der Waals surface area contributed by atoms with E-state index in [-0.39, 0.29) is 11.9 Å². The molecule has 0 spiro atoms. The minimum Gasteiger partial charge on any atom is -0.324 e. The third-order valence-electron chi connectivity index (χ3n) is 2.96. The lowest BCUT2D eigenvalue weighted by atomic mass is 10.00. The first-order valence-electron chi connectivity index (χ1n) is 5.82. The predicted molar refractivity (Wildman–Crippen MR) is 69.1 cm³/mol. The van der Waals surface area contributed by atoms with Crippen LogP contribution < -0.4 is 5.73 Å². The van der Waals surface area contributed by atoms with Crippen LogP contribution in [0.15, 0.2) is 48.5 Å². The third-order valence-corrected chi connectivity index (χ3v) is 2.96. The van der Waals surface area contributed by atoms with Crippen molar-refractivity contribution in [2.75, 3.05) is 0 Å². The van der Waals surface area contributed by atoms with Gasteiger partial charge in [0.05, 0.1) is 0 Å². The highest BCUT2D eigenvalue weighted by atomic mass is 19.1. The Labute approximate surface area is 101 Å². The van der Waals surface area contributed by atoms with E-state index in [1.165, 1.54) is 12.1 Å². The van der Waals surface area contributed by atoms with E-state index in [1.807, 2.05) is 24.3 Å². The van der Waals surface area contributed by atoms with Crippen molar-refractivity contribution in [3.63, 3.8) is 0 Å². The van der Waals surface area contributed by atoms with E-state index in [4.69, 9.17) is 5.73 Å². The number of nitrogens with two attached hydrogens (primary N) is 1. The van der Waals surface area contributed by atoms with E-state index in [0.717, 1.165) is 23.1 Å². The molecule has 17 heavy (non-hydrogen) atoms. The molecular formula is C15H16FN. The minimum absolute atomic E-state index is 0.0947. The van der Waals surface area contributed by atoms with E-state index in [2.05, 4.69) is 6.92 Å². The Kier molecular flexibility index (Phi) is 3.55. The fraction of sp³-hybridized carbons (Fsp3) is 0.200. The van der Waals surface area contributed by atoms with Gasteiger partial charge in [-0.3, -0.25) is 0 Å². The van der Waals surface area contributed by atoms with Crippen molar-refractivity contribution >= 4 is 0 Å². The SMILES string of the molecule is CCC(N)c1ccc(-c2ccc(F)cc2)cc1. The summed E-state index contributed by atoms with van der Waals surface area (Å²) in [5, 5.41) is 0. The topological polar surface area (TPSA) is 26.0 Å². The summed E-state index contributed by atoms with van der Waals surface area (Å²) in [6.07, 6.45) is 0.926. The van der Waals surface area contributed by atoms with Crippen LogP contribution in [0, 0.1) is 5.82 Å². The number of hydrogen-bond donors (Lipinski definition) is 1. The molecule has 1 atom stereocenters. The highest BCUT2D eigenvalue weighted by Gasteiger charge is 2.03. The second-order valence-corrected chi connectivity index (χ2v) is 4.14. The fourth-order valence-electron chi connectivity index (χ4n) is 1.80. The molecule has 0 aliphatic carbocycles. The van der Waals surface area contributed by atoms with Crippen LogP contribution in [-0.4, -0.2) is 0 Å². The molecule has 2 aromatic carbocycles. The smallest absolute Gasteiger partial charge is 0.123 e. The van der Waals surface area contributed by atoms with Gasteiger partial charge in [0, 0.05) is 6.04 Å². The van der Waals surface area contributed by atoms with E-state index < -0.39 is 0 Å². The molecule has 0 heterocycles. The highest BCUT2D eigenvalue weighted by molar-refractivity contribution is 5.63. The molecule has 0 saturated heterocycles. The molecule has 0 radical (unpaired) electrons. The molecule has 0 saturated carbocycles. The highest BCUT2D eigenvalue weighted by Crippen LogP contribution is 2.22. The summed E-state index contributed by atoms with van der Waals surface area (Å²) in [7, 11) is 0. The maximum absolute atomic E-state index is 12.8. The summed E-state index contributed by atoms with van der Waals surface area (Å²) in [6.45, 7) is 2.07. The molecule has 0 amide bonds. The van der Waals surface area contributed by atoms with Crippen molar-refractivity contribution in [3.05, 3.63) is 59.9 Å². The zero-order valence-corrected chi connectivity index (χ0v) is 9.86. The summed E-state index contributed by atoms with van der Waals surface area (Å²) in [4.78, 5) is 0. The number of rotatable bonds is 3. The van der Waals surface area contributed by atoms with Crippen LogP contribution in [0.1, 0.15) is 24.9 Å². The molecule has 1 unspecified atom stereocenters. The molecular weight excluding hydrogens is 213 g/mol. The van der Waals surface area contributed by atoms with Crippen molar-refractivity contribution in [3.8, 4) is 11.1 Å². The number of halogens is 1. The summed E-state index contributed by atoms with van der Waals surface area (Å²) >= 11 is 0. The van der Waals surface area contributed by atoms with Gasteiger partial charge in [-0.15, -0.1) is 0 Å². The molecule has 0 bridgehead atoms. The van der Waals surface area contributed by atoms with Crippen LogP contribution in [0.4, 0.5) is 4.39 Å². The minimum atomic E-state index is -0.210. The normalized spacial score (nSPS) is 12.4. The zero-order chi connectivity index (χ0) is 12.3. The van der Waals surface area contributed by atoms with E-state index in [0.29, 0.717) is 0 Å². The maximum atomic E-state index is 12.8. The molecule has 0 aliphatic rings. The largest absolute Gasteiger partial charge is 0.324 e. The van der Waals surface area contributed by atoms with Crippen LogP contribution in [0.2, 0.25) is 0 Å². The first-order valence-corrected chi connectivity index (χ1v) is 5.82. The monoisotopic (exact) mass is 229 g/mol. The lowest BCUT2D eigenvalue weighted by Gasteiger charge is -2.10. The van der Waals surface area contributed by atoms with Crippen molar-refractivity contribution in [1.82, 2.24) is 0 Å². The molecule has 0 fully saturated rings. The van der Waals surface area contributed by atoms with Crippen LogP contribution >= 0.6 is 0 Å². The second-order valence-electron chi connectivity index (χ2n) is 4.14. The summed E-state index contributed by atoms with van der Waals surface area (Å²) in [5.74, 6) is -0.210. The van der Waals surface area contributed by atoms with Gasteiger partial charge in [-0.2, -0.15) is 0 Å². The summed E-state index contributed by atoms with van der Waals surface area (Å²) < 4.78 is 12.8. The van der Waals surface area contributed by atoms with Crippen LogP contribution in [0.25, 0.3) is 11.1 Å². The molecule has 2 aromatic rings. The van der Waals surface area contributed by atoms with Gasteiger partial charge >= 0.3 is 0 Å². The molecule has 2 N–H and O–H groups in total. The standard InChI is InChI=1S/C15H16FN/c1-2-15(17)13-5-3-11(4-6-13)12-7-9-14(16)10-8-12/h3-10,15H,2,17H2,1H3. The molecule has 1 nitrogen and oxygen atoms in total. The maximum Gasteiger partial charge on any atom is 0.123 e. The zero-order valence-electron chi connectivity index (χ0n) is 9.86. The van der Waals surface area contributed by atoms with Crippen molar-refractivity contribution in [2.24, 2.45) is 5.73 Å². The molecule has 0 aliphatic heterocycles. The Balaban J connectivity index is 2.26. The average Bonchev–Trinajstić information content (AvgIpc) is 2.39. The average molecular weight is 229 g/mol. The Morgan fingerprint density at radius 2 is 1.41 bits per heavy atom. The van der Waals surface area contributed by atoms with Crippen molar-refractivity contribution < 1.29 is 4.39 Å². The fourth-order valence-corrected chi connectivity index (χ4v) is 1.80. The van der Waals surface area contributed by atoms with Gasteiger partial charge in [0.25, 0.3) is 0 Å². The van der Waals surface area contributed by atoms with Gasteiger partial charge in [-0.25, -0.2) is 4.39 Å². The second kappa shape index (κ2) is 5.11. The first-order chi connectivity index (χ1) is 8.20. The summed E-state index contributed by atoms with van der Waals surface area (Å²) in [5.41, 5.74) is 9.19. The summed E-state index contributed by atoms with van der Waals surface area (Å²) in [6, 6.07) is 14.7. The lowest BCUT2D eigenvalue weighted by molar-refractivity contribution is 0.628. The molecule has 2 heteroatoms. The Bertz CT molecular complexity index is 473. The van der Waals surface area contributed by atoms with Gasteiger partial charge in [0.1, 0.15) is 5.82 Å². The van der Waals surface area contributed by atoms with Gasteiger partial charge in [-0.05, 0) is 35.2 Å². The molecule has 2 rings (SSSR count). The van der Waals surface area contributed by atoms with E-state index >= 15 is 0 Å². The lowest BCUT2D eigenvalue weighted by Crippen LogP contribution is -2.07. The van der Waals surface area contributed by atoms with Crippen molar-refractivity contribution in [2.45, 2.75) is 19.4 Å². The quantitative estimate of drug-likeness (QED) is 0.848. The Morgan fingerprint density at radius 1 is 0.941 bits per heavy atom. The predicted octanol–water partition coefficient (Wildman–Crippen LogP) is 3.90. The van der Waals surface area contributed by atoms with Crippen LogP contribution in [0.5, 0.6) is 0 Å². The van der Waals surface area contributed by atoms with Gasteiger partial charge < -0.3 is 5.73 Å². The Hall–Kier alpha value is -1.67. The molecule has 0 aromatic heterocycles. The van der Waals surface area contributed by atoms with Gasteiger partial charge in [0.2, 0.25) is 0 Å². The van der Waals surface area contributed by atoms with Crippen molar-refractivity contribution in [1.29, 1.82) is 0 Å². The third kappa shape index (κ3) is 2.71. The van der Waals surface area contributed by atoms with Crippen LogP contribution in [-0.2, 0) is 0 Å². The number of hydrogen-bond acceptors (Lipinski definition) is 1.